The molecule has 0 aromatic heterocycles. The van der Waals surface area contributed by atoms with Crippen molar-refractivity contribution in [1.82, 2.24) is 0 Å². The van der Waals surface area contributed by atoms with Crippen LogP contribution < -0.4 is 0 Å². The van der Waals surface area contributed by atoms with Crippen LogP contribution in [0.3, 0.4) is 0 Å². The van der Waals surface area contributed by atoms with Crippen LogP contribution in [0.25, 0.3) is 0 Å². The summed E-state index contributed by atoms with van der Waals surface area (Å²) in [5.74, 6) is -0.150. The molecule has 0 fully saturated rings. The fourth-order valence-corrected chi connectivity index (χ4v) is 2.13. The summed E-state index contributed by atoms with van der Waals surface area (Å²) in [7, 11) is 0. The van der Waals surface area contributed by atoms with Gasteiger partial charge in [-0.15, -0.1) is 0 Å². The Hall–Kier alpha value is -2.09. The zero-order valence-corrected chi connectivity index (χ0v) is 11.8. The van der Waals surface area contributed by atoms with Crippen LogP contribution in [0.2, 0.25) is 0 Å². The van der Waals surface area contributed by atoms with Gasteiger partial charge in [0.1, 0.15) is 6.61 Å². The van der Waals surface area contributed by atoms with E-state index in [4.69, 9.17) is 4.74 Å². The minimum atomic E-state index is -0.150. The third-order valence-electron chi connectivity index (χ3n) is 3.32. The number of carbonyl (C=O) groups is 1. The van der Waals surface area contributed by atoms with Gasteiger partial charge < -0.3 is 4.74 Å². The van der Waals surface area contributed by atoms with Crippen molar-refractivity contribution in [1.29, 1.82) is 0 Å². The number of carbonyl (C=O) groups excluding carboxylic acids is 1. The Labute approximate surface area is 120 Å². The smallest absolute Gasteiger partial charge is 0.305 e. The van der Waals surface area contributed by atoms with Gasteiger partial charge in [-0.05, 0) is 29.5 Å². The molecule has 0 saturated heterocycles. The molecule has 0 amide bonds. The molecule has 2 nitrogen and oxygen atoms in total. The molecular formula is C18H20O2. The molecule has 0 unspecified atom stereocenters. The minimum absolute atomic E-state index is 0.150. The van der Waals surface area contributed by atoms with E-state index in [9.17, 15) is 4.79 Å². The number of aryl methyl sites for hydroxylation is 2. The number of benzene rings is 2. The van der Waals surface area contributed by atoms with Crippen LogP contribution in [-0.4, -0.2) is 5.97 Å². The Morgan fingerprint density at radius 2 is 1.55 bits per heavy atom. The van der Waals surface area contributed by atoms with Crippen LogP contribution in [0.15, 0.2) is 54.6 Å². The molecule has 104 valence electrons. The summed E-state index contributed by atoms with van der Waals surface area (Å²) in [5.41, 5.74) is 3.68. The van der Waals surface area contributed by atoms with Gasteiger partial charge in [0.25, 0.3) is 0 Å². The fraction of sp³-hybridized carbons (Fsp3) is 0.278. The monoisotopic (exact) mass is 268 g/mol. The Morgan fingerprint density at radius 1 is 0.900 bits per heavy atom. The summed E-state index contributed by atoms with van der Waals surface area (Å²) >= 11 is 0. The summed E-state index contributed by atoms with van der Waals surface area (Å²) in [5, 5.41) is 0. The largest absolute Gasteiger partial charge is 0.461 e. The van der Waals surface area contributed by atoms with E-state index in [1.54, 1.807) is 0 Å². The maximum Gasteiger partial charge on any atom is 0.305 e. The van der Waals surface area contributed by atoms with Gasteiger partial charge in [-0.25, -0.2) is 0 Å². The first-order valence-electron chi connectivity index (χ1n) is 7.06. The molecule has 2 aromatic carbocycles. The number of esters is 1. The van der Waals surface area contributed by atoms with E-state index < -0.39 is 0 Å². The van der Waals surface area contributed by atoms with Gasteiger partial charge in [-0.1, -0.05) is 61.5 Å². The van der Waals surface area contributed by atoms with Crippen molar-refractivity contribution >= 4 is 5.97 Å². The predicted molar refractivity (Wildman–Crippen MR) is 80.4 cm³/mol. The minimum Gasteiger partial charge on any atom is -0.461 e. The van der Waals surface area contributed by atoms with Crippen molar-refractivity contribution in [3.63, 3.8) is 0 Å². The van der Waals surface area contributed by atoms with Gasteiger partial charge in [-0.2, -0.15) is 0 Å². The molecule has 0 aliphatic rings. The lowest BCUT2D eigenvalue weighted by Crippen LogP contribution is -2.05. The van der Waals surface area contributed by atoms with Crippen molar-refractivity contribution in [2.45, 2.75) is 32.8 Å². The van der Waals surface area contributed by atoms with Gasteiger partial charge >= 0.3 is 5.97 Å². The first kappa shape index (κ1) is 14.3. The van der Waals surface area contributed by atoms with E-state index in [0.717, 1.165) is 18.4 Å². The van der Waals surface area contributed by atoms with Crippen molar-refractivity contribution in [3.05, 3.63) is 71.3 Å². The average molecular weight is 268 g/mol. The molecule has 0 atom stereocenters. The van der Waals surface area contributed by atoms with Crippen molar-refractivity contribution in [3.8, 4) is 0 Å². The average Bonchev–Trinajstić information content (AvgIpc) is 2.52. The van der Waals surface area contributed by atoms with Crippen LogP contribution in [0, 0.1) is 0 Å². The summed E-state index contributed by atoms with van der Waals surface area (Å²) in [6, 6.07) is 18.6. The highest BCUT2D eigenvalue weighted by Crippen LogP contribution is 2.14. The quantitative estimate of drug-likeness (QED) is 0.742. The lowest BCUT2D eigenvalue weighted by Gasteiger charge is -2.10. The Balaban J connectivity index is 1.98. The highest BCUT2D eigenvalue weighted by atomic mass is 16.5. The number of rotatable bonds is 6. The maximum absolute atomic E-state index is 11.3. The van der Waals surface area contributed by atoms with Crippen molar-refractivity contribution in [2.24, 2.45) is 0 Å². The molecule has 0 aliphatic carbocycles. The fourth-order valence-electron chi connectivity index (χ4n) is 2.13. The molecule has 0 spiro atoms. The van der Waals surface area contributed by atoms with E-state index in [1.165, 1.54) is 11.1 Å². The predicted octanol–water partition coefficient (Wildman–Crippen LogP) is 3.93. The Kier molecular flexibility index (Phi) is 5.36. The van der Waals surface area contributed by atoms with Gasteiger partial charge in [0, 0.05) is 6.42 Å². The second-order valence-electron chi connectivity index (χ2n) is 4.77. The normalized spacial score (nSPS) is 10.2. The summed E-state index contributed by atoms with van der Waals surface area (Å²) < 4.78 is 5.23. The van der Waals surface area contributed by atoms with Crippen LogP contribution in [0.1, 0.15) is 30.0 Å². The molecule has 2 aromatic rings. The number of hydrogen-bond donors (Lipinski definition) is 0. The third-order valence-corrected chi connectivity index (χ3v) is 3.32. The molecule has 0 N–H and O–H groups in total. The maximum atomic E-state index is 11.3. The van der Waals surface area contributed by atoms with Crippen LogP contribution in [-0.2, 0) is 29.0 Å². The standard InChI is InChI=1S/C18H20O2/c1-2-18(19)20-14-17-11-7-6-10-16(17)13-12-15-8-4-3-5-9-15/h3-11H,2,12-14H2,1H3. The third kappa shape index (κ3) is 4.23. The first-order chi connectivity index (χ1) is 9.79. The molecule has 0 saturated carbocycles. The molecule has 0 radical (unpaired) electrons. The lowest BCUT2D eigenvalue weighted by molar-refractivity contribution is -0.144. The van der Waals surface area contributed by atoms with Gasteiger partial charge in [0.05, 0.1) is 0 Å². The van der Waals surface area contributed by atoms with E-state index in [-0.39, 0.29) is 5.97 Å². The molecule has 2 heteroatoms. The highest BCUT2D eigenvalue weighted by molar-refractivity contribution is 5.68. The first-order valence-corrected chi connectivity index (χ1v) is 7.06. The molecule has 0 bridgehead atoms. The summed E-state index contributed by atoms with van der Waals surface area (Å²) in [4.78, 5) is 11.3. The second-order valence-corrected chi connectivity index (χ2v) is 4.77. The zero-order chi connectivity index (χ0) is 14.2. The number of hydrogen-bond acceptors (Lipinski definition) is 2. The van der Waals surface area contributed by atoms with Crippen LogP contribution in [0.5, 0.6) is 0 Å². The van der Waals surface area contributed by atoms with Crippen molar-refractivity contribution < 1.29 is 9.53 Å². The molecule has 0 heterocycles. The Bertz CT molecular complexity index is 546. The zero-order valence-electron chi connectivity index (χ0n) is 11.8. The van der Waals surface area contributed by atoms with Crippen LogP contribution in [0.4, 0.5) is 0 Å². The van der Waals surface area contributed by atoms with Crippen LogP contribution >= 0.6 is 0 Å². The molecular weight excluding hydrogens is 248 g/mol. The van der Waals surface area contributed by atoms with Gasteiger partial charge in [0.2, 0.25) is 0 Å². The van der Waals surface area contributed by atoms with Crippen molar-refractivity contribution in [2.75, 3.05) is 0 Å². The SMILES string of the molecule is CCC(=O)OCc1ccccc1CCc1ccccc1. The highest BCUT2D eigenvalue weighted by Gasteiger charge is 2.05. The number of ether oxygens (including phenoxy) is 1. The van der Waals surface area contributed by atoms with E-state index in [0.29, 0.717) is 13.0 Å². The molecule has 0 aliphatic heterocycles. The molecule has 20 heavy (non-hydrogen) atoms. The topological polar surface area (TPSA) is 26.3 Å². The lowest BCUT2D eigenvalue weighted by atomic mass is 10.0. The van der Waals surface area contributed by atoms with Gasteiger partial charge in [0.15, 0.2) is 0 Å². The summed E-state index contributed by atoms with van der Waals surface area (Å²) in [6.45, 7) is 2.18. The summed E-state index contributed by atoms with van der Waals surface area (Å²) in [6.07, 6.45) is 2.38. The van der Waals surface area contributed by atoms with E-state index in [2.05, 4.69) is 30.3 Å². The van der Waals surface area contributed by atoms with Gasteiger partial charge in [-0.3, -0.25) is 4.79 Å². The van der Waals surface area contributed by atoms with E-state index >= 15 is 0 Å². The Morgan fingerprint density at radius 3 is 2.25 bits per heavy atom. The van der Waals surface area contributed by atoms with E-state index in [1.807, 2.05) is 31.2 Å². The molecule has 2 rings (SSSR count). The second kappa shape index (κ2) is 7.49.